The number of nitrogens with zero attached hydrogens (tertiary/aromatic N) is 1. The van der Waals surface area contributed by atoms with Gasteiger partial charge in [0.15, 0.2) is 0 Å². The minimum atomic E-state index is -0.877. The standard InChI is InChI=1S/C27H29ClN4O3S/c28-22-10-11-23(36-22)30-26(35)31-24(18-4-2-1-3-5-18)25(34)29-20-8-6-19(7-9-20)27(13-14-27)17-32-15-12-21(33)16-32/h1-11,21,24,33H,12-17H2,(H,29,34)(H2,30,31,35)/t21-,24?/m1/s1. The summed E-state index contributed by atoms with van der Waals surface area (Å²) in [7, 11) is 0. The maximum atomic E-state index is 13.3. The van der Waals surface area contributed by atoms with Gasteiger partial charge in [-0.2, -0.15) is 0 Å². The summed E-state index contributed by atoms with van der Waals surface area (Å²) in [6.07, 6.45) is 2.90. The first-order valence-corrected chi connectivity index (χ1v) is 13.3. The first kappa shape index (κ1) is 24.8. The van der Waals surface area contributed by atoms with Gasteiger partial charge in [-0.15, -0.1) is 11.3 Å². The molecule has 3 amide bonds. The summed E-state index contributed by atoms with van der Waals surface area (Å²) in [5, 5.41) is 18.9. The lowest BCUT2D eigenvalue weighted by Gasteiger charge is -2.24. The van der Waals surface area contributed by atoms with Gasteiger partial charge < -0.3 is 15.7 Å². The second kappa shape index (κ2) is 10.6. The van der Waals surface area contributed by atoms with E-state index in [2.05, 4.69) is 33.0 Å². The molecule has 1 aliphatic heterocycles. The molecule has 36 heavy (non-hydrogen) atoms. The summed E-state index contributed by atoms with van der Waals surface area (Å²) in [5.74, 6) is -0.333. The van der Waals surface area contributed by atoms with E-state index in [1.807, 2.05) is 42.5 Å². The maximum absolute atomic E-state index is 13.3. The number of urea groups is 1. The summed E-state index contributed by atoms with van der Waals surface area (Å²) < 4.78 is 0.567. The monoisotopic (exact) mass is 524 g/mol. The zero-order valence-electron chi connectivity index (χ0n) is 19.7. The molecule has 1 saturated heterocycles. The number of aliphatic hydroxyl groups excluding tert-OH is 1. The molecule has 1 unspecified atom stereocenters. The van der Waals surface area contributed by atoms with Crippen LogP contribution in [0.25, 0.3) is 0 Å². The maximum Gasteiger partial charge on any atom is 0.320 e. The normalized spacial score (nSPS) is 19.4. The molecule has 188 valence electrons. The van der Waals surface area contributed by atoms with Crippen LogP contribution in [0.2, 0.25) is 4.34 Å². The number of benzene rings is 2. The Hall–Kier alpha value is -2.91. The molecule has 1 saturated carbocycles. The molecule has 0 spiro atoms. The summed E-state index contributed by atoms with van der Waals surface area (Å²) >= 11 is 7.19. The van der Waals surface area contributed by atoms with Crippen LogP contribution in [0, 0.1) is 0 Å². The molecule has 2 fully saturated rings. The fourth-order valence-corrected chi connectivity index (χ4v) is 5.74. The van der Waals surface area contributed by atoms with Crippen molar-refractivity contribution >= 4 is 45.6 Å². The molecule has 9 heteroatoms. The van der Waals surface area contributed by atoms with Crippen molar-refractivity contribution in [3.05, 3.63) is 82.2 Å². The molecule has 1 aliphatic carbocycles. The number of carbonyl (C=O) groups is 2. The fourth-order valence-electron chi connectivity index (χ4n) is 4.80. The molecule has 2 aliphatic rings. The van der Waals surface area contributed by atoms with Gasteiger partial charge in [-0.1, -0.05) is 54.1 Å². The van der Waals surface area contributed by atoms with Crippen molar-refractivity contribution in [1.82, 2.24) is 10.2 Å². The van der Waals surface area contributed by atoms with Crippen LogP contribution in [0.4, 0.5) is 15.5 Å². The van der Waals surface area contributed by atoms with Gasteiger partial charge in [-0.3, -0.25) is 15.0 Å². The largest absolute Gasteiger partial charge is 0.392 e. The number of halogens is 1. The number of hydrogen-bond acceptors (Lipinski definition) is 5. The Balaban J connectivity index is 1.25. The third kappa shape index (κ3) is 5.90. The van der Waals surface area contributed by atoms with Crippen LogP contribution >= 0.6 is 22.9 Å². The van der Waals surface area contributed by atoms with E-state index in [0.29, 0.717) is 20.6 Å². The summed E-state index contributed by atoms with van der Waals surface area (Å²) in [5.41, 5.74) is 2.75. The van der Waals surface area contributed by atoms with Crippen molar-refractivity contribution in [2.75, 3.05) is 30.3 Å². The quantitative estimate of drug-likeness (QED) is 0.333. The van der Waals surface area contributed by atoms with Crippen LogP contribution in [0.15, 0.2) is 66.7 Å². The number of amides is 3. The number of nitrogens with one attached hydrogen (secondary N) is 3. The van der Waals surface area contributed by atoms with Gasteiger partial charge in [-0.05, 0) is 54.7 Å². The van der Waals surface area contributed by atoms with Crippen molar-refractivity contribution in [2.45, 2.75) is 36.8 Å². The van der Waals surface area contributed by atoms with E-state index >= 15 is 0 Å². The van der Waals surface area contributed by atoms with Gasteiger partial charge in [0.05, 0.1) is 15.4 Å². The Morgan fingerprint density at radius 3 is 2.42 bits per heavy atom. The van der Waals surface area contributed by atoms with Crippen molar-refractivity contribution in [1.29, 1.82) is 0 Å². The Labute approximate surface area is 219 Å². The van der Waals surface area contributed by atoms with Crippen LogP contribution in [-0.4, -0.2) is 47.7 Å². The number of carbonyl (C=O) groups excluding carboxylic acids is 2. The smallest absolute Gasteiger partial charge is 0.320 e. The van der Waals surface area contributed by atoms with Gasteiger partial charge in [0.25, 0.3) is 5.91 Å². The van der Waals surface area contributed by atoms with E-state index in [-0.39, 0.29) is 17.4 Å². The molecule has 2 aromatic carbocycles. The minimum Gasteiger partial charge on any atom is -0.392 e. The van der Waals surface area contributed by atoms with Gasteiger partial charge >= 0.3 is 6.03 Å². The average Bonchev–Trinajstić information content (AvgIpc) is 3.36. The Bertz CT molecular complexity index is 1210. The Morgan fingerprint density at radius 2 is 1.81 bits per heavy atom. The number of likely N-dealkylation sites (tertiary alicyclic amines) is 1. The molecule has 5 rings (SSSR count). The van der Waals surface area contributed by atoms with Gasteiger partial charge in [0.1, 0.15) is 6.04 Å². The molecule has 2 atom stereocenters. The van der Waals surface area contributed by atoms with Gasteiger partial charge in [0, 0.05) is 30.7 Å². The number of hydrogen-bond donors (Lipinski definition) is 4. The van der Waals surface area contributed by atoms with Crippen molar-refractivity contribution in [3.63, 3.8) is 0 Å². The second-order valence-electron chi connectivity index (χ2n) is 9.57. The van der Waals surface area contributed by atoms with Crippen LogP contribution < -0.4 is 16.0 Å². The molecule has 0 bridgehead atoms. The van der Waals surface area contributed by atoms with Crippen molar-refractivity contribution in [3.8, 4) is 0 Å². The number of anilines is 2. The summed E-state index contributed by atoms with van der Waals surface area (Å²) in [4.78, 5) is 28.2. The Morgan fingerprint density at radius 1 is 1.06 bits per heavy atom. The van der Waals surface area contributed by atoms with E-state index in [1.165, 1.54) is 16.9 Å². The molecular formula is C27H29ClN4O3S. The topological polar surface area (TPSA) is 93.7 Å². The molecule has 1 aromatic heterocycles. The van der Waals surface area contributed by atoms with Crippen LogP contribution in [-0.2, 0) is 10.2 Å². The predicted molar refractivity (Wildman–Crippen MR) is 144 cm³/mol. The molecule has 4 N–H and O–H groups in total. The number of thiophene rings is 1. The van der Waals surface area contributed by atoms with E-state index in [9.17, 15) is 14.7 Å². The lowest BCUT2D eigenvalue weighted by atomic mass is 9.95. The fraction of sp³-hybridized carbons (Fsp3) is 0.333. The average molecular weight is 525 g/mol. The van der Waals surface area contributed by atoms with E-state index in [1.54, 1.807) is 12.1 Å². The van der Waals surface area contributed by atoms with Crippen LogP contribution in [0.5, 0.6) is 0 Å². The van der Waals surface area contributed by atoms with E-state index in [0.717, 1.165) is 38.9 Å². The van der Waals surface area contributed by atoms with Gasteiger partial charge in [-0.25, -0.2) is 4.79 Å². The van der Waals surface area contributed by atoms with Gasteiger partial charge in [0.2, 0.25) is 0 Å². The highest BCUT2D eigenvalue weighted by atomic mass is 35.5. The highest BCUT2D eigenvalue weighted by Crippen LogP contribution is 2.49. The van der Waals surface area contributed by atoms with Crippen LogP contribution in [0.1, 0.15) is 36.4 Å². The summed E-state index contributed by atoms with van der Waals surface area (Å²) in [6.45, 7) is 2.65. The molecule has 3 aromatic rings. The van der Waals surface area contributed by atoms with E-state index < -0.39 is 12.1 Å². The second-order valence-corrected chi connectivity index (χ2v) is 11.3. The summed E-state index contributed by atoms with van der Waals surface area (Å²) in [6, 6.07) is 19.2. The number of β-amino-alcohol motifs (C(OH)–C–C–N with tert-alkyl or cyclic N) is 1. The van der Waals surface area contributed by atoms with Crippen molar-refractivity contribution < 1.29 is 14.7 Å². The van der Waals surface area contributed by atoms with Crippen molar-refractivity contribution in [2.24, 2.45) is 0 Å². The number of aliphatic hydroxyl groups is 1. The molecular weight excluding hydrogens is 496 g/mol. The number of rotatable bonds is 8. The van der Waals surface area contributed by atoms with E-state index in [4.69, 9.17) is 11.6 Å². The Kier molecular flexibility index (Phi) is 7.29. The van der Waals surface area contributed by atoms with Crippen LogP contribution in [0.3, 0.4) is 0 Å². The molecule has 0 radical (unpaired) electrons. The molecule has 7 nitrogen and oxygen atoms in total. The molecule has 2 heterocycles. The zero-order chi connectivity index (χ0) is 25.1. The third-order valence-electron chi connectivity index (χ3n) is 6.87. The SMILES string of the molecule is O=C(Nc1ccc(Cl)s1)NC(C(=O)Nc1ccc(C2(CN3CC[C@@H](O)C3)CC2)cc1)c1ccccc1. The highest BCUT2D eigenvalue weighted by Gasteiger charge is 2.46. The first-order chi connectivity index (χ1) is 17.4. The zero-order valence-corrected chi connectivity index (χ0v) is 21.3. The highest BCUT2D eigenvalue weighted by molar-refractivity contribution is 7.20. The third-order valence-corrected chi connectivity index (χ3v) is 8.02. The minimum absolute atomic E-state index is 0.142. The predicted octanol–water partition coefficient (Wildman–Crippen LogP) is 5.00. The lowest BCUT2D eigenvalue weighted by molar-refractivity contribution is -0.118. The first-order valence-electron chi connectivity index (χ1n) is 12.1. The lowest BCUT2D eigenvalue weighted by Crippen LogP contribution is -2.39.